The second-order valence-electron chi connectivity index (χ2n) is 4.84. The third kappa shape index (κ3) is 2.50. The number of ketones is 1. The van der Waals surface area contributed by atoms with Gasteiger partial charge in [0, 0.05) is 11.9 Å². The van der Waals surface area contributed by atoms with Gasteiger partial charge in [-0.1, -0.05) is 0 Å². The lowest BCUT2D eigenvalue weighted by molar-refractivity contribution is 0.101. The number of carbonyl (C=O) groups excluding carboxylic acids is 1. The van der Waals surface area contributed by atoms with E-state index in [0.717, 1.165) is 0 Å². The summed E-state index contributed by atoms with van der Waals surface area (Å²) in [5, 5.41) is 22.6. The van der Waals surface area contributed by atoms with Crippen molar-refractivity contribution in [3.63, 3.8) is 0 Å². The van der Waals surface area contributed by atoms with Crippen LogP contribution in [0.4, 0.5) is 0 Å². The summed E-state index contributed by atoms with van der Waals surface area (Å²) in [4.78, 5) is 13.4. The van der Waals surface area contributed by atoms with E-state index in [0.29, 0.717) is 23.1 Å². The summed E-state index contributed by atoms with van der Waals surface area (Å²) in [5.41, 5.74) is 1.01. The van der Waals surface area contributed by atoms with Gasteiger partial charge in [0.15, 0.2) is 5.78 Å². The van der Waals surface area contributed by atoms with Gasteiger partial charge in [-0.2, -0.15) is 0 Å². The first-order valence-electron chi connectivity index (χ1n) is 6.06. The molecule has 1 aromatic carbocycles. The van der Waals surface area contributed by atoms with Crippen LogP contribution in [0.2, 0.25) is 0 Å². The molecule has 1 aromatic heterocycles. The van der Waals surface area contributed by atoms with Crippen molar-refractivity contribution in [1.29, 1.82) is 0 Å². The summed E-state index contributed by atoms with van der Waals surface area (Å²) in [5.74, 6) is -0.167. The Balaban J connectivity index is 2.82. The highest BCUT2D eigenvalue weighted by atomic mass is 16.5. The number of carbonyl (C=O) groups is 1. The lowest BCUT2D eigenvalue weighted by atomic mass is 10.1. The van der Waals surface area contributed by atoms with Gasteiger partial charge in [0.2, 0.25) is 0 Å². The Labute approximate surface area is 115 Å². The van der Waals surface area contributed by atoms with Gasteiger partial charge in [0.1, 0.15) is 11.3 Å². The van der Waals surface area contributed by atoms with Crippen LogP contribution < -0.4 is 5.55 Å². The molecule has 20 heavy (non-hydrogen) atoms. The van der Waals surface area contributed by atoms with Crippen LogP contribution in [0.5, 0.6) is 5.75 Å². The van der Waals surface area contributed by atoms with Gasteiger partial charge in [-0.25, -0.2) is 0 Å². The normalized spacial score (nSPS) is 12.3. The van der Waals surface area contributed by atoms with E-state index in [-0.39, 0.29) is 22.7 Å². The number of nitrogens with zero attached hydrogens (tertiary/aromatic N) is 2. The fourth-order valence-electron chi connectivity index (χ4n) is 2.03. The summed E-state index contributed by atoms with van der Waals surface area (Å²) in [6.45, 7) is 1.82. The Bertz CT molecular complexity index is 732. The number of phenolic OH excluding ortho intramolecular Hbond substituents is 1. The molecular weight excluding hydrogens is 260 g/mol. The summed E-state index contributed by atoms with van der Waals surface area (Å²) in [7, 11) is 3.72. The molecule has 0 atom stereocenters. The van der Waals surface area contributed by atoms with Crippen LogP contribution in [-0.2, 0) is 6.54 Å². The van der Waals surface area contributed by atoms with E-state index in [1.54, 1.807) is 18.2 Å². The first-order valence-corrected chi connectivity index (χ1v) is 6.06. The van der Waals surface area contributed by atoms with E-state index in [9.17, 15) is 9.90 Å². The second-order valence-corrected chi connectivity index (χ2v) is 4.84. The van der Waals surface area contributed by atoms with E-state index in [4.69, 9.17) is 9.62 Å². The molecule has 0 amide bonds. The largest absolute Gasteiger partial charge is 0.507 e. The average Bonchev–Trinajstić information content (AvgIpc) is 2.40. The number of aromatic hydroxyl groups is 1. The Kier molecular flexibility index (Phi) is 3.76. The van der Waals surface area contributed by atoms with Gasteiger partial charge in [-0.3, -0.25) is 4.79 Å². The zero-order valence-electron chi connectivity index (χ0n) is 11.5. The third-order valence-corrected chi connectivity index (χ3v) is 2.94. The van der Waals surface area contributed by atoms with Gasteiger partial charge in [0.25, 0.3) is 5.55 Å². The molecule has 0 spiro atoms. The van der Waals surface area contributed by atoms with Crippen molar-refractivity contribution in [2.75, 3.05) is 14.1 Å². The molecule has 6 heteroatoms. The van der Waals surface area contributed by atoms with Crippen LogP contribution in [0.3, 0.4) is 0 Å². The average molecular weight is 276 g/mol. The van der Waals surface area contributed by atoms with Crippen molar-refractivity contribution in [3.05, 3.63) is 34.9 Å². The zero-order chi connectivity index (χ0) is 14.9. The molecule has 6 nitrogen and oxygen atoms in total. The predicted octanol–water partition coefficient (Wildman–Crippen LogP) is 1.69. The van der Waals surface area contributed by atoms with Gasteiger partial charge < -0.3 is 19.6 Å². The van der Waals surface area contributed by atoms with Gasteiger partial charge >= 0.3 is 0 Å². The molecule has 106 valence electrons. The number of Topliss-reactive ketones (excluding diaryl/α,β-unsaturated/α-hetero) is 1. The molecule has 0 fully saturated rings. The molecule has 0 saturated carbocycles. The van der Waals surface area contributed by atoms with Crippen LogP contribution in [0, 0.1) is 0 Å². The molecule has 0 aliphatic heterocycles. The van der Waals surface area contributed by atoms with Crippen LogP contribution in [0.15, 0.2) is 27.8 Å². The number of benzene rings is 1. The molecular formula is C14H16N2O4. The Morgan fingerprint density at radius 3 is 2.65 bits per heavy atom. The topological polar surface area (TPSA) is 86.3 Å². The lowest BCUT2D eigenvalue weighted by Gasteiger charge is -2.13. The van der Waals surface area contributed by atoms with E-state index in [1.165, 1.54) is 6.92 Å². The Morgan fingerprint density at radius 1 is 1.40 bits per heavy atom. The SMILES string of the molecule is CC(=O)c1cc2ccc(O)c(CN(C)C)c2oc1=NO. The minimum atomic E-state index is -0.259. The van der Waals surface area contributed by atoms with Crippen molar-refractivity contribution in [3.8, 4) is 5.75 Å². The summed E-state index contributed by atoms with van der Waals surface area (Å²) < 4.78 is 5.49. The maximum atomic E-state index is 11.5. The first kappa shape index (κ1) is 14.1. The minimum absolute atomic E-state index is 0.0921. The maximum absolute atomic E-state index is 11.5. The van der Waals surface area contributed by atoms with E-state index >= 15 is 0 Å². The summed E-state index contributed by atoms with van der Waals surface area (Å²) in [6, 6.07) is 4.80. The van der Waals surface area contributed by atoms with Crippen LogP contribution in [0.25, 0.3) is 11.0 Å². The van der Waals surface area contributed by atoms with Crippen molar-refractivity contribution in [2.24, 2.45) is 5.16 Å². The Hall–Kier alpha value is -2.34. The van der Waals surface area contributed by atoms with Crippen molar-refractivity contribution >= 4 is 16.8 Å². The van der Waals surface area contributed by atoms with E-state index < -0.39 is 0 Å². The molecule has 0 saturated heterocycles. The maximum Gasteiger partial charge on any atom is 0.266 e. The molecule has 0 radical (unpaired) electrons. The minimum Gasteiger partial charge on any atom is -0.507 e. The van der Waals surface area contributed by atoms with Gasteiger partial charge in [-0.15, -0.1) is 0 Å². The molecule has 0 aliphatic rings. The molecule has 0 bridgehead atoms. The van der Waals surface area contributed by atoms with Crippen molar-refractivity contribution < 1.29 is 19.5 Å². The monoisotopic (exact) mass is 276 g/mol. The molecule has 2 N–H and O–H groups in total. The zero-order valence-corrected chi connectivity index (χ0v) is 11.5. The standard InChI is InChI=1S/C14H16N2O4/c1-8(17)10-6-9-4-5-12(18)11(7-16(2)3)13(9)20-14(10)15-19/h4-6,18-19H,7H2,1-3H3. The molecule has 0 unspecified atom stereocenters. The molecule has 1 heterocycles. The lowest BCUT2D eigenvalue weighted by Crippen LogP contribution is -2.15. The van der Waals surface area contributed by atoms with Crippen LogP contribution in [-0.4, -0.2) is 35.1 Å². The number of fused-ring (bicyclic) bond motifs is 1. The quantitative estimate of drug-likeness (QED) is 0.506. The van der Waals surface area contributed by atoms with E-state index in [2.05, 4.69) is 5.16 Å². The highest BCUT2D eigenvalue weighted by Crippen LogP contribution is 2.27. The van der Waals surface area contributed by atoms with Crippen LogP contribution in [0.1, 0.15) is 22.8 Å². The smallest absolute Gasteiger partial charge is 0.266 e. The van der Waals surface area contributed by atoms with Gasteiger partial charge in [0.05, 0.1) is 11.1 Å². The van der Waals surface area contributed by atoms with Crippen molar-refractivity contribution in [1.82, 2.24) is 4.90 Å². The summed E-state index contributed by atoms with van der Waals surface area (Å²) >= 11 is 0. The fraction of sp³-hybridized carbons (Fsp3) is 0.286. The first-order chi connectivity index (χ1) is 9.43. The molecule has 0 aliphatic carbocycles. The number of rotatable bonds is 3. The Morgan fingerprint density at radius 2 is 2.10 bits per heavy atom. The second kappa shape index (κ2) is 5.34. The highest BCUT2D eigenvalue weighted by Gasteiger charge is 2.14. The molecule has 2 rings (SSSR count). The highest BCUT2D eigenvalue weighted by molar-refractivity contribution is 5.97. The van der Waals surface area contributed by atoms with Crippen LogP contribution >= 0.6 is 0 Å². The van der Waals surface area contributed by atoms with E-state index in [1.807, 2.05) is 19.0 Å². The number of hydrogen-bond acceptors (Lipinski definition) is 6. The number of hydrogen-bond donors (Lipinski definition) is 2. The summed E-state index contributed by atoms with van der Waals surface area (Å²) in [6.07, 6.45) is 0. The number of phenols is 1. The predicted molar refractivity (Wildman–Crippen MR) is 72.6 cm³/mol. The third-order valence-electron chi connectivity index (χ3n) is 2.94. The van der Waals surface area contributed by atoms with Gasteiger partial charge in [-0.05, 0) is 44.4 Å². The fourth-order valence-corrected chi connectivity index (χ4v) is 2.03. The van der Waals surface area contributed by atoms with Crippen molar-refractivity contribution in [2.45, 2.75) is 13.5 Å². The molecule has 2 aromatic rings.